The first-order valence-corrected chi connectivity index (χ1v) is 11.4. The maximum atomic E-state index is 13.1. The van der Waals surface area contributed by atoms with Gasteiger partial charge >= 0.3 is 12.0 Å². The molecule has 1 aromatic heterocycles. The van der Waals surface area contributed by atoms with Gasteiger partial charge in [0.2, 0.25) is 0 Å². The highest BCUT2D eigenvalue weighted by Crippen LogP contribution is 2.31. The Morgan fingerprint density at radius 3 is 2.44 bits per heavy atom. The molecule has 2 aromatic rings. The Kier molecular flexibility index (Phi) is 7.02. The summed E-state index contributed by atoms with van der Waals surface area (Å²) < 4.78 is 10.6. The molecule has 180 valence electrons. The zero-order valence-corrected chi connectivity index (χ0v) is 19.7. The van der Waals surface area contributed by atoms with E-state index in [-0.39, 0.29) is 18.5 Å². The molecule has 1 saturated heterocycles. The SMILES string of the molecule is CCOC(=O)C1=C(CN2CCN(C(=O)c3ccco3)CC2)N(C)C(=O)NC1c1ccc(C)cc1. The number of likely N-dealkylation sites (N-methyl/N-ethyl adjacent to an activating group) is 1. The number of benzene rings is 1. The standard InChI is InChI=1S/C25H30N4O5/c1-4-33-24(31)21-19(27(3)25(32)26-22(21)18-9-7-17(2)8-10-18)16-28-11-13-29(14-12-28)23(30)20-6-5-15-34-20/h5-10,15,22H,4,11-14,16H2,1-3H3,(H,26,32). The number of ether oxygens (including phenoxy) is 1. The van der Waals surface area contributed by atoms with Crippen molar-refractivity contribution in [1.82, 2.24) is 20.0 Å². The van der Waals surface area contributed by atoms with Crippen molar-refractivity contribution < 1.29 is 23.5 Å². The summed E-state index contributed by atoms with van der Waals surface area (Å²) in [4.78, 5) is 43.9. The van der Waals surface area contributed by atoms with E-state index in [1.807, 2.05) is 31.2 Å². The average Bonchev–Trinajstić information content (AvgIpc) is 3.37. The minimum Gasteiger partial charge on any atom is -0.463 e. The molecule has 1 fully saturated rings. The number of urea groups is 1. The first-order valence-electron chi connectivity index (χ1n) is 11.4. The first kappa shape index (κ1) is 23.6. The quantitative estimate of drug-likeness (QED) is 0.658. The van der Waals surface area contributed by atoms with Crippen LogP contribution in [-0.2, 0) is 9.53 Å². The summed E-state index contributed by atoms with van der Waals surface area (Å²) >= 11 is 0. The van der Waals surface area contributed by atoms with Crippen molar-refractivity contribution in [2.24, 2.45) is 0 Å². The topological polar surface area (TPSA) is 95.3 Å². The van der Waals surface area contributed by atoms with Crippen LogP contribution in [0, 0.1) is 6.92 Å². The number of esters is 1. The lowest BCUT2D eigenvalue weighted by Gasteiger charge is -2.39. The molecule has 1 aromatic carbocycles. The summed E-state index contributed by atoms with van der Waals surface area (Å²) in [6.07, 6.45) is 1.49. The molecule has 0 bridgehead atoms. The molecular weight excluding hydrogens is 436 g/mol. The molecule has 2 aliphatic heterocycles. The minimum absolute atomic E-state index is 0.135. The summed E-state index contributed by atoms with van der Waals surface area (Å²) in [5.41, 5.74) is 2.95. The molecule has 1 atom stereocenters. The summed E-state index contributed by atoms with van der Waals surface area (Å²) in [6, 6.07) is 10.2. The molecule has 2 aliphatic rings. The number of aryl methyl sites for hydroxylation is 1. The largest absolute Gasteiger partial charge is 0.463 e. The maximum Gasteiger partial charge on any atom is 0.338 e. The molecule has 3 heterocycles. The fourth-order valence-electron chi connectivity index (χ4n) is 4.28. The number of carbonyl (C=O) groups excluding carboxylic acids is 3. The molecule has 0 aliphatic carbocycles. The van der Waals surface area contributed by atoms with E-state index in [4.69, 9.17) is 9.15 Å². The molecule has 34 heavy (non-hydrogen) atoms. The van der Waals surface area contributed by atoms with E-state index in [0.717, 1.165) is 11.1 Å². The highest BCUT2D eigenvalue weighted by molar-refractivity contribution is 5.95. The zero-order chi connectivity index (χ0) is 24.2. The van der Waals surface area contributed by atoms with Crippen LogP contribution in [0.25, 0.3) is 0 Å². The van der Waals surface area contributed by atoms with Gasteiger partial charge in [0.25, 0.3) is 5.91 Å². The zero-order valence-electron chi connectivity index (χ0n) is 19.7. The van der Waals surface area contributed by atoms with Gasteiger partial charge in [-0.1, -0.05) is 29.8 Å². The Labute approximate surface area is 198 Å². The number of hydrogen-bond acceptors (Lipinski definition) is 6. The van der Waals surface area contributed by atoms with Crippen molar-refractivity contribution in [3.63, 3.8) is 0 Å². The van der Waals surface area contributed by atoms with Gasteiger partial charge in [0.15, 0.2) is 5.76 Å². The first-order chi connectivity index (χ1) is 16.4. The molecule has 9 nitrogen and oxygen atoms in total. The van der Waals surface area contributed by atoms with Gasteiger partial charge in [-0.3, -0.25) is 14.6 Å². The van der Waals surface area contributed by atoms with Crippen LogP contribution in [0.15, 0.2) is 58.3 Å². The Morgan fingerprint density at radius 2 is 1.82 bits per heavy atom. The van der Waals surface area contributed by atoms with Gasteiger partial charge in [0, 0.05) is 45.5 Å². The molecule has 0 radical (unpaired) electrons. The lowest BCUT2D eigenvalue weighted by molar-refractivity contribution is -0.139. The number of rotatable bonds is 6. The second-order valence-corrected chi connectivity index (χ2v) is 8.48. The lowest BCUT2D eigenvalue weighted by Crippen LogP contribution is -2.53. The van der Waals surface area contributed by atoms with Crippen molar-refractivity contribution in [3.8, 4) is 0 Å². The Morgan fingerprint density at radius 1 is 1.12 bits per heavy atom. The van der Waals surface area contributed by atoms with Gasteiger partial charge in [-0.25, -0.2) is 9.59 Å². The van der Waals surface area contributed by atoms with Crippen LogP contribution in [0.2, 0.25) is 0 Å². The molecule has 9 heteroatoms. The van der Waals surface area contributed by atoms with Crippen LogP contribution >= 0.6 is 0 Å². The van der Waals surface area contributed by atoms with Crippen LogP contribution in [0.3, 0.4) is 0 Å². The molecule has 3 amide bonds. The fourth-order valence-corrected chi connectivity index (χ4v) is 4.28. The van der Waals surface area contributed by atoms with Crippen molar-refractivity contribution in [3.05, 3.63) is 70.8 Å². The Bertz CT molecular complexity index is 1070. The van der Waals surface area contributed by atoms with E-state index < -0.39 is 12.0 Å². The average molecular weight is 467 g/mol. The number of nitrogens with one attached hydrogen (secondary N) is 1. The fraction of sp³-hybridized carbons (Fsp3) is 0.400. The van der Waals surface area contributed by atoms with E-state index in [9.17, 15) is 14.4 Å². The van der Waals surface area contributed by atoms with Crippen LogP contribution in [0.5, 0.6) is 0 Å². The molecule has 1 N–H and O–H groups in total. The van der Waals surface area contributed by atoms with Crippen LogP contribution in [0.4, 0.5) is 4.79 Å². The smallest absolute Gasteiger partial charge is 0.338 e. The summed E-state index contributed by atoms with van der Waals surface area (Å²) in [5.74, 6) is -0.253. The van der Waals surface area contributed by atoms with Crippen molar-refractivity contribution in [2.75, 3.05) is 46.4 Å². The number of piperazine rings is 1. The molecule has 4 rings (SSSR count). The van der Waals surface area contributed by atoms with Crippen LogP contribution in [-0.4, -0.2) is 79.0 Å². The van der Waals surface area contributed by atoms with E-state index in [0.29, 0.717) is 49.8 Å². The van der Waals surface area contributed by atoms with Gasteiger partial charge in [0.05, 0.1) is 24.5 Å². The molecule has 0 spiro atoms. The Balaban J connectivity index is 1.58. The summed E-state index contributed by atoms with van der Waals surface area (Å²) in [6.45, 7) is 6.65. The monoisotopic (exact) mass is 466 g/mol. The third-order valence-corrected chi connectivity index (χ3v) is 6.25. The maximum absolute atomic E-state index is 13.1. The molecule has 0 saturated carbocycles. The number of nitrogens with zero attached hydrogens (tertiary/aromatic N) is 3. The molecular formula is C25H30N4O5. The summed E-state index contributed by atoms with van der Waals surface area (Å²) in [5, 5.41) is 2.94. The predicted octanol–water partition coefficient (Wildman–Crippen LogP) is 2.56. The van der Waals surface area contributed by atoms with Crippen LogP contribution in [0.1, 0.15) is 34.6 Å². The van der Waals surface area contributed by atoms with E-state index in [2.05, 4.69) is 10.2 Å². The van der Waals surface area contributed by atoms with Gasteiger partial charge in [0.1, 0.15) is 0 Å². The number of carbonyl (C=O) groups is 3. The van der Waals surface area contributed by atoms with Gasteiger partial charge in [-0.2, -0.15) is 0 Å². The normalized spacial score (nSPS) is 19.3. The highest BCUT2D eigenvalue weighted by atomic mass is 16.5. The lowest BCUT2D eigenvalue weighted by atomic mass is 9.93. The number of amides is 3. The Hall–Kier alpha value is -3.59. The molecule has 1 unspecified atom stereocenters. The number of hydrogen-bond donors (Lipinski definition) is 1. The summed E-state index contributed by atoms with van der Waals surface area (Å²) in [7, 11) is 1.66. The third-order valence-electron chi connectivity index (χ3n) is 6.25. The van der Waals surface area contributed by atoms with Gasteiger partial charge in [-0.15, -0.1) is 0 Å². The third kappa shape index (κ3) is 4.84. The van der Waals surface area contributed by atoms with Gasteiger partial charge < -0.3 is 19.4 Å². The van der Waals surface area contributed by atoms with E-state index in [1.165, 1.54) is 11.2 Å². The van der Waals surface area contributed by atoms with Crippen molar-refractivity contribution in [2.45, 2.75) is 19.9 Å². The highest BCUT2D eigenvalue weighted by Gasteiger charge is 2.37. The second-order valence-electron chi connectivity index (χ2n) is 8.48. The van der Waals surface area contributed by atoms with Crippen molar-refractivity contribution >= 4 is 17.9 Å². The second kappa shape index (κ2) is 10.1. The number of furan rings is 1. The minimum atomic E-state index is -0.597. The van der Waals surface area contributed by atoms with Crippen molar-refractivity contribution in [1.29, 1.82) is 0 Å². The van der Waals surface area contributed by atoms with Crippen LogP contribution < -0.4 is 5.32 Å². The van der Waals surface area contributed by atoms with Gasteiger partial charge in [-0.05, 0) is 31.5 Å². The predicted molar refractivity (Wildman–Crippen MR) is 125 cm³/mol. The van der Waals surface area contributed by atoms with E-state index in [1.54, 1.807) is 31.0 Å². The van der Waals surface area contributed by atoms with E-state index >= 15 is 0 Å².